The molecule has 1 aromatic heterocycles. The van der Waals surface area contributed by atoms with Crippen LogP contribution < -0.4 is 16.1 Å². The minimum atomic E-state index is 0.0540. The molecule has 0 saturated heterocycles. The van der Waals surface area contributed by atoms with Crippen LogP contribution in [0.1, 0.15) is 16.7 Å². The summed E-state index contributed by atoms with van der Waals surface area (Å²) in [6, 6.07) is 13.7. The number of aryl methyl sites for hydroxylation is 3. The SMILES string of the molecule is Cc1cc(C)c(Nc2nc(NO)nc(Nc3ccccc3)n2)c(C)c1. The first-order valence-corrected chi connectivity index (χ1v) is 7.88. The Balaban J connectivity index is 1.93. The van der Waals surface area contributed by atoms with Gasteiger partial charge in [-0.1, -0.05) is 35.9 Å². The topological polar surface area (TPSA) is 95.0 Å². The van der Waals surface area contributed by atoms with Crippen LogP contribution in [0.15, 0.2) is 42.5 Å². The van der Waals surface area contributed by atoms with E-state index in [1.807, 2.05) is 49.7 Å². The van der Waals surface area contributed by atoms with Crippen LogP contribution in [0.3, 0.4) is 0 Å². The smallest absolute Gasteiger partial charge is 0.253 e. The van der Waals surface area contributed by atoms with Crippen LogP contribution in [0.25, 0.3) is 0 Å². The van der Waals surface area contributed by atoms with Gasteiger partial charge in [0.05, 0.1) is 0 Å². The molecular weight excluding hydrogens is 316 g/mol. The van der Waals surface area contributed by atoms with Gasteiger partial charge in [-0.25, -0.2) is 5.48 Å². The monoisotopic (exact) mass is 336 g/mol. The highest BCUT2D eigenvalue weighted by Gasteiger charge is 2.10. The summed E-state index contributed by atoms with van der Waals surface area (Å²) in [7, 11) is 0. The Morgan fingerprint density at radius 3 is 1.92 bits per heavy atom. The zero-order valence-electron chi connectivity index (χ0n) is 14.3. The van der Waals surface area contributed by atoms with Gasteiger partial charge in [-0.2, -0.15) is 15.0 Å². The van der Waals surface area contributed by atoms with E-state index in [0.717, 1.165) is 22.5 Å². The maximum absolute atomic E-state index is 9.21. The van der Waals surface area contributed by atoms with E-state index < -0.39 is 0 Å². The van der Waals surface area contributed by atoms with Crippen molar-refractivity contribution in [3.8, 4) is 0 Å². The molecule has 0 bridgehead atoms. The Morgan fingerprint density at radius 2 is 1.32 bits per heavy atom. The van der Waals surface area contributed by atoms with Crippen LogP contribution in [0.5, 0.6) is 0 Å². The molecule has 0 saturated carbocycles. The molecule has 7 nitrogen and oxygen atoms in total. The molecule has 0 aliphatic heterocycles. The van der Waals surface area contributed by atoms with Gasteiger partial charge in [-0.3, -0.25) is 5.21 Å². The van der Waals surface area contributed by atoms with E-state index in [1.54, 1.807) is 0 Å². The molecule has 0 aliphatic carbocycles. The van der Waals surface area contributed by atoms with Crippen molar-refractivity contribution in [1.82, 2.24) is 15.0 Å². The molecular formula is C18H20N6O. The highest BCUT2D eigenvalue weighted by Crippen LogP contribution is 2.25. The number of nitrogens with zero attached hydrogens (tertiary/aromatic N) is 3. The first-order chi connectivity index (χ1) is 12.0. The summed E-state index contributed by atoms with van der Waals surface area (Å²) in [6.45, 7) is 6.11. The third-order valence-electron chi connectivity index (χ3n) is 3.68. The average Bonchev–Trinajstić information content (AvgIpc) is 2.59. The van der Waals surface area contributed by atoms with Crippen molar-refractivity contribution in [2.45, 2.75) is 20.8 Å². The molecule has 4 N–H and O–H groups in total. The van der Waals surface area contributed by atoms with Crippen molar-refractivity contribution in [1.29, 1.82) is 0 Å². The predicted molar refractivity (Wildman–Crippen MR) is 98.9 cm³/mol. The molecule has 0 fully saturated rings. The normalized spacial score (nSPS) is 10.4. The van der Waals surface area contributed by atoms with Crippen LogP contribution in [-0.4, -0.2) is 20.2 Å². The Kier molecular flexibility index (Phi) is 4.76. The van der Waals surface area contributed by atoms with Gasteiger partial charge in [-0.15, -0.1) is 0 Å². The number of aromatic nitrogens is 3. The standard InChI is InChI=1S/C18H20N6O/c1-11-9-12(2)15(13(3)10-11)20-17-21-16(22-18(23-17)24-25)19-14-7-5-4-6-8-14/h4-10,25H,1-3H3,(H3,19,20,21,22,23,24). The second-order valence-electron chi connectivity index (χ2n) is 5.81. The molecule has 0 unspecified atom stereocenters. The highest BCUT2D eigenvalue weighted by atomic mass is 16.5. The van der Waals surface area contributed by atoms with Crippen molar-refractivity contribution in [2.75, 3.05) is 16.1 Å². The van der Waals surface area contributed by atoms with E-state index in [2.05, 4.69) is 44.6 Å². The first-order valence-electron chi connectivity index (χ1n) is 7.88. The summed E-state index contributed by atoms with van der Waals surface area (Å²) < 4.78 is 0. The molecule has 0 radical (unpaired) electrons. The van der Waals surface area contributed by atoms with E-state index in [0.29, 0.717) is 11.9 Å². The van der Waals surface area contributed by atoms with Crippen LogP contribution >= 0.6 is 0 Å². The lowest BCUT2D eigenvalue weighted by Crippen LogP contribution is -2.08. The minimum absolute atomic E-state index is 0.0540. The number of anilines is 5. The largest absolute Gasteiger partial charge is 0.324 e. The molecule has 0 amide bonds. The summed E-state index contributed by atoms with van der Waals surface area (Å²) in [4.78, 5) is 12.7. The van der Waals surface area contributed by atoms with E-state index in [9.17, 15) is 5.21 Å². The van der Waals surface area contributed by atoms with E-state index >= 15 is 0 Å². The van der Waals surface area contributed by atoms with Gasteiger partial charge in [-0.05, 0) is 44.0 Å². The number of nitrogens with one attached hydrogen (secondary N) is 3. The zero-order chi connectivity index (χ0) is 17.8. The van der Waals surface area contributed by atoms with Gasteiger partial charge in [0.25, 0.3) is 5.95 Å². The van der Waals surface area contributed by atoms with E-state index in [4.69, 9.17) is 0 Å². The fourth-order valence-electron chi connectivity index (χ4n) is 2.68. The lowest BCUT2D eigenvalue weighted by molar-refractivity contribution is 0.382. The van der Waals surface area contributed by atoms with Crippen molar-refractivity contribution >= 4 is 29.2 Å². The third-order valence-corrected chi connectivity index (χ3v) is 3.68. The number of benzene rings is 2. The molecule has 0 aliphatic rings. The average molecular weight is 336 g/mol. The number of hydrogen-bond acceptors (Lipinski definition) is 7. The highest BCUT2D eigenvalue weighted by molar-refractivity contribution is 5.65. The fourth-order valence-corrected chi connectivity index (χ4v) is 2.68. The molecule has 0 atom stereocenters. The Hall–Kier alpha value is -3.19. The van der Waals surface area contributed by atoms with Crippen LogP contribution in [0, 0.1) is 20.8 Å². The van der Waals surface area contributed by atoms with Gasteiger partial charge in [0, 0.05) is 11.4 Å². The van der Waals surface area contributed by atoms with Crippen LogP contribution in [0.4, 0.5) is 29.2 Å². The quantitative estimate of drug-likeness (QED) is 0.521. The van der Waals surface area contributed by atoms with Crippen LogP contribution in [0.2, 0.25) is 0 Å². The van der Waals surface area contributed by atoms with Crippen molar-refractivity contribution in [2.24, 2.45) is 0 Å². The Morgan fingerprint density at radius 1 is 0.760 bits per heavy atom. The molecule has 0 spiro atoms. The number of hydrogen-bond donors (Lipinski definition) is 4. The van der Waals surface area contributed by atoms with Crippen molar-refractivity contribution in [3.05, 3.63) is 59.2 Å². The summed E-state index contributed by atoms with van der Waals surface area (Å²) in [5, 5.41) is 15.5. The van der Waals surface area contributed by atoms with E-state index in [-0.39, 0.29) is 5.95 Å². The maximum atomic E-state index is 9.21. The molecule has 2 aromatic carbocycles. The molecule has 128 valence electrons. The Bertz CT molecular complexity index is 859. The molecule has 7 heteroatoms. The fraction of sp³-hybridized carbons (Fsp3) is 0.167. The summed E-state index contributed by atoms with van der Waals surface area (Å²) in [5.41, 5.74) is 7.13. The van der Waals surface area contributed by atoms with E-state index in [1.165, 1.54) is 5.56 Å². The van der Waals surface area contributed by atoms with Crippen LogP contribution in [-0.2, 0) is 0 Å². The van der Waals surface area contributed by atoms with Gasteiger partial charge >= 0.3 is 0 Å². The summed E-state index contributed by atoms with van der Waals surface area (Å²) in [6.07, 6.45) is 0. The van der Waals surface area contributed by atoms with Crippen molar-refractivity contribution < 1.29 is 5.21 Å². The number of para-hydroxylation sites is 1. The predicted octanol–water partition coefficient (Wildman–Crippen LogP) is 4.09. The molecule has 3 rings (SSSR count). The van der Waals surface area contributed by atoms with Gasteiger partial charge < -0.3 is 10.6 Å². The minimum Gasteiger partial charge on any atom is -0.324 e. The van der Waals surface area contributed by atoms with Gasteiger partial charge in [0.1, 0.15) is 0 Å². The summed E-state index contributed by atoms with van der Waals surface area (Å²) >= 11 is 0. The molecule has 1 heterocycles. The molecule has 25 heavy (non-hydrogen) atoms. The second-order valence-corrected chi connectivity index (χ2v) is 5.81. The first kappa shape index (κ1) is 16.7. The summed E-state index contributed by atoms with van der Waals surface area (Å²) in [5.74, 6) is 0.709. The van der Waals surface area contributed by atoms with Gasteiger partial charge in [0.15, 0.2) is 0 Å². The zero-order valence-corrected chi connectivity index (χ0v) is 14.3. The Labute approximate surface area is 146 Å². The van der Waals surface area contributed by atoms with Gasteiger partial charge in [0.2, 0.25) is 11.9 Å². The van der Waals surface area contributed by atoms with Crippen molar-refractivity contribution in [3.63, 3.8) is 0 Å². The molecule has 3 aromatic rings. The second kappa shape index (κ2) is 7.14. The maximum Gasteiger partial charge on any atom is 0.253 e. The lowest BCUT2D eigenvalue weighted by atomic mass is 10.1. The number of rotatable bonds is 5. The third kappa shape index (κ3) is 4.02. The lowest BCUT2D eigenvalue weighted by Gasteiger charge is -2.14.